The molecule has 0 aromatic carbocycles. The highest BCUT2D eigenvalue weighted by molar-refractivity contribution is 5.95. The van der Waals surface area contributed by atoms with E-state index >= 15 is 0 Å². The highest BCUT2D eigenvalue weighted by Gasteiger charge is 2.13. The fraction of sp³-hybridized carbons (Fsp3) is 0.625. The van der Waals surface area contributed by atoms with Gasteiger partial charge in [0.05, 0.1) is 0 Å². The number of hydrogen-bond acceptors (Lipinski definition) is 3. The standard InChI is InChI=1S/C16H27N3O/c1-6-8-12(5)18-16(20)13-9-14(11(3)4)19-15(10-13)17-7-2/h9-12H,6-8H2,1-5H3,(H,17,19)(H,18,20). The predicted molar refractivity (Wildman–Crippen MR) is 84.3 cm³/mol. The minimum atomic E-state index is -0.0191. The van der Waals surface area contributed by atoms with Gasteiger partial charge in [-0.05, 0) is 38.3 Å². The van der Waals surface area contributed by atoms with Crippen LogP contribution in [0.25, 0.3) is 0 Å². The fourth-order valence-electron chi connectivity index (χ4n) is 2.06. The molecule has 112 valence electrons. The third-order valence-corrected chi connectivity index (χ3v) is 3.16. The van der Waals surface area contributed by atoms with Crippen LogP contribution in [-0.2, 0) is 0 Å². The van der Waals surface area contributed by atoms with E-state index in [9.17, 15) is 4.79 Å². The molecule has 0 aliphatic carbocycles. The van der Waals surface area contributed by atoms with E-state index in [0.29, 0.717) is 11.5 Å². The zero-order valence-electron chi connectivity index (χ0n) is 13.3. The first kappa shape index (κ1) is 16.5. The van der Waals surface area contributed by atoms with Crippen molar-refractivity contribution in [1.29, 1.82) is 0 Å². The largest absolute Gasteiger partial charge is 0.370 e. The van der Waals surface area contributed by atoms with Gasteiger partial charge in [-0.2, -0.15) is 0 Å². The maximum Gasteiger partial charge on any atom is 0.251 e. The number of rotatable bonds is 7. The van der Waals surface area contributed by atoms with Crippen molar-refractivity contribution in [2.45, 2.75) is 59.4 Å². The minimum Gasteiger partial charge on any atom is -0.370 e. The lowest BCUT2D eigenvalue weighted by molar-refractivity contribution is 0.0938. The third kappa shape index (κ3) is 4.83. The average Bonchev–Trinajstić information content (AvgIpc) is 2.38. The number of anilines is 1. The Bertz CT molecular complexity index is 443. The van der Waals surface area contributed by atoms with Gasteiger partial charge in [0.2, 0.25) is 0 Å². The summed E-state index contributed by atoms with van der Waals surface area (Å²) in [5.74, 6) is 1.05. The molecule has 1 atom stereocenters. The number of aromatic nitrogens is 1. The molecule has 1 aromatic rings. The van der Waals surface area contributed by atoms with Gasteiger partial charge in [-0.15, -0.1) is 0 Å². The van der Waals surface area contributed by atoms with Crippen LogP contribution < -0.4 is 10.6 Å². The van der Waals surface area contributed by atoms with Gasteiger partial charge in [-0.1, -0.05) is 27.2 Å². The van der Waals surface area contributed by atoms with E-state index < -0.39 is 0 Å². The molecule has 2 N–H and O–H groups in total. The first-order chi connectivity index (χ1) is 9.47. The second-order valence-electron chi connectivity index (χ2n) is 5.51. The number of hydrogen-bond donors (Lipinski definition) is 2. The number of nitrogens with zero attached hydrogens (tertiary/aromatic N) is 1. The Morgan fingerprint density at radius 3 is 2.50 bits per heavy atom. The molecule has 0 fully saturated rings. The number of carbonyl (C=O) groups excluding carboxylic acids is 1. The van der Waals surface area contributed by atoms with Crippen LogP contribution in [0.4, 0.5) is 5.82 Å². The Labute approximate surface area is 122 Å². The SMILES string of the molecule is CCCC(C)NC(=O)c1cc(NCC)nc(C(C)C)c1. The Kier molecular flexibility index (Phi) is 6.49. The molecule has 0 spiro atoms. The van der Waals surface area contributed by atoms with Gasteiger partial charge < -0.3 is 10.6 Å². The van der Waals surface area contributed by atoms with Gasteiger partial charge in [0.15, 0.2) is 0 Å². The summed E-state index contributed by atoms with van der Waals surface area (Å²) in [6.45, 7) is 11.1. The maximum atomic E-state index is 12.3. The average molecular weight is 277 g/mol. The zero-order valence-corrected chi connectivity index (χ0v) is 13.3. The number of carbonyl (C=O) groups is 1. The van der Waals surface area contributed by atoms with Gasteiger partial charge in [0, 0.05) is 23.8 Å². The van der Waals surface area contributed by atoms with Gasteiger partial charge in [-0.25, -0.2) is 4.98 Å². The van der Waals surface area contributed by atoms with Crippen molar-refractivity contribution < 1.29 is 4.79 Å². The molecule has 0 radical (unpaired) electrons. The Morgan fingerprint density at radius 2 is 1.95 bits per heavy atom. The van der Waals surface area contributed by atoms with E-state index in [1.165, 1.54) is 0 Å². The maximum absolute atomic E-state index is 12.3. The van der Waals surface area contributed by atoms with E-state index in [2.05, 4.69) is 36.4 Å². The second-order valence-corrected chi connectivity index (χ2v) is 5.51. The molecule has 0 aliphatic rings. The predicted octanol–water partition coefficient (Wildman–Crippen LogP) is 3.56. The van der Waals surface area contributed by atoms with Crippen molar-refractivity contribution in [3.63, 3.8) is 0 Å². The van der Waals surface area contributed by atoms with Crippen molar-refractivity contribution in [1.82, 2.24) is 10.3 Å². The van der Waals surface area contributed by atoms with Crippen LogP contribution in [0.3, 0.4) is 0 Å². The summed E-state index contributed by atoms with van der Waals surface area (Å²) in [7, 11) is 0. The third-order valence-electron chi connectivity index (χ3n) is 3.16. The normalized spacial score (nSPS) is 12.3. The summed E-state index contributed by atoms with van der Waals surface area (Å²) < 4.78 is 0. The summed E-state index contributed by atoms with van der Waals surface area (Å²) >= 11 is 0. The highest BCUT2D eigenvalue weighted by atomic mass is 16.1. The molecular weight excluding hydrogens is 250 g/mol. The fourth-order valence-corrected chi connectivity index (χ4v) is 2.06. The van der Waals surface area contributed by atoms with E-state index in [1.54, 1.807) is 0 Å². The van der Waals surface area contributed by atoms with Gasteiger partial charge in [0.1, 0.15) is 5.82 Å². The molecule has 4 nitrogen and oxygen atoms in total. The van der Waals surface area contributed by atoms with E-state index in [-0.39, 0.29) is 11.9 Å². The Hall–Kier alpha value is -1.58. The molecule has 1 heterocycles. The molecule has 1 unspecified atom stereocenters. The number of pyridine rings is 1. The van der Waals surface area contributed by atoms with Gasteiger partial charge >= 0.3 is 0 Å². The van der Waals surface area contributed by atoms with Crippen molar-refractivity contribution in [3.05, 3.63) is 23.4 Å². The first-order valence-corrected chi connectivity index (χ1v) is 7.54. The molecule has 1 aromatic heterocycles. The molecule has 4 heteroatoms. The molecule has 0 bridgehead atoms. The van der Waals surface area contributed by atoms with Crippen molar-refractivity contribution in [2.24, 2.45) is 0 Å². The lowest BCUT2D eigenvalue weighted by Crippen LogP contribution is -2.32. The Morgan fingerprint density at radius 1 is 1.25 bits per heavy atom. The first-order valence-electron chi connectivity index (χ1n) is 7.54. The summed E-state index contributed by atoms with van der Waals surface area (Å²) in [5, 5.41) is 6.22. The van der Waals surface area contributed by atoms with Crippen LogP contribution >= 0.6 is 0 Å². The van der Waals surface area contributed by atoms with E-state index in [1.807, 2.05) is 26.0 Å². The van der Waals surface area contributed by atoms with Crippen molar-refractivity contribution >= 4 is 11.7 Å². The zero-order chi connectivity index (χ0) is 15.1. The van der Waals surface area contributed by atoms with Crippen molar-refractivity contribution in [2.75, 3.05) is 11.9 Å². The molecule has 0 aliphatic heterocycles. The monoisotopic (exact) mass is 277 g/mol. The smallest absolute Gasteiger partial charge is 0.251 e. The van der Waals surface area contributed by atoms with Crippen molar-refractivity contribution in [3.8, 4) is 0 Å². The van der Waals surface area contributed by atoms with Crippen LogP contribution in [0.5, 0.6) is 0 Å². The molecule has 0 saturated heterocycles. The van der Waals surface area contributed by atoms with Crippen LogP contribution in [0, 0.1) is 0 Å². The van der Waals surface area contributed by atoms with E-state index in [4.69, 9.17) is 0 Å². The Balaban J connectivity index is 2.94. The topological polar surface area (TPSA) is 54.0 Å². The van der Waals surface area contributed by atoms with Crippen LogP contribution in [0.1, 0.15) is 69.4 Å². The lowest BCUT2D eigenvalue weighted by atomic mass is 10.1. The molecule has 20 heavy (non-hydrogen) atoms. The van der Waals surface area contributed by atoms with Crippen LogP contribution in [-0.4, -0.2) is 23.5 Å². The molecule has 1 rings (SSSR count). The quantitative estimate of drug-likeness (QED) is 0.801. The summed E-state index contributed by atoms with van der Waals surface area (Å²) in [6, 6.07) is 3.91. The lowest BCUT2D eigenvalue weighted by Gasteiger charge is -2.15. The summed E-state index contributed by atoms with van der Waals surface area (Å²) in [4.78, 5) is 16.8. The highest BCUT2D eigenvalue weighted by Crippen LogP contribution is 2.18. The molecule has 1 amide bonds. The second kappa shape index (κ2) is 7.88. The molecular formula is C16H27N3O. The summed E-state index contributed by atoms with van der Waals surface area (Å²) in [6.07, 6.45) is 2.06. The van der Waals surface area contributed by atoms with E-state index in [0.717, 1.165) is 30.9 Å². The molecule has 0 saturated carbocycles. The minimum absolute atomic E-state index is 0.0191. The number of nitrogens with one attached hydrogen (secondary N) is 2. The van der Waals surface area contributed by atoms with Crippen LogP contribution in [0.15, 0.2) is 12.1 Å². The van der Waals surface area contributed by atoms with Gasteiger partial charge in [0.25, 0.3) is 5.91 Å². The number of amides is 1. The summed E-state index contributed by atoms with van der Waals surface area (Å²) in [5.41, 5.74) is 1.62. The van der Waals surface area contributed by atoms with Crippen LogP contribution in [0.2, 0.25) is 0 Å². The van der Waals surface area contributed by atoms with Gasteiger partial charge in [-0.3, -0.25) is 4.79 Å².